The summed E-state index contributed by atoms with van der Waals surface area (Å²) in [6.45, 7) is 5.59. The molecule has 0 radical (unpaired) electrons. The Morgan fingerprint density at radius 1 is 1.36 bits per heavy atom. The number of benzene rings is 1. The average molecular weight is 322 g/mol. The van der Waals surface area contributed by atoms with E-state index in [2.05, 4.69) is 10.2 Å². The summed E-state index contributed by atoms with van der Waals surface area (Å²) in [6.07, 6.45) is 2.59. The maximum atomic E-state index is 12.1. The molecule has 1 aromatic carbocycles. The summed E-state index contributed by atoms with van der Waals surface area (Å²) in [6, 6.07) is 10.0. The van der Waals surface area contributed by atoms with Crippen LogP contribution in [-0.4, -0.2) is 53.4 Å². The lowest BCUT2D eigenvalue weighted by Gasteiger charge is -2.29. The van der Waals surface area contributed by atoms with E-state index >= 15 is 0 Å². The second-order valence-corrected chi connectivity index (χ2v) is 7.20. The van der Waals surface area contributed by atoms with Crippen LogP contribution in [0.1, 0.15) is 26.2 Å². The van der Waals surface area contributed by atoms with Gasteiger partial charge in [0.2, 0.25) is 5.91 Å². The maximum Gasteiger partial charge on any atom is 0.233 e. The number of nitrogens with one attached hydrogen (secondary N) is 1. The van der Waals surface area contributed by atoms with Gasteiger partial charge in [-0.05, 0) is 44.9 Å². The molecule has 1 unspecified atom stereocenters. The van der Waals surface area contributed by atoms with Crippen LogP contribution in [0.5, 0.6) is 0 Å². The number of likely N-dealkylation sites (tertiary alicyclic amines) is 1. The van der Waals surface area contributed by atoms with Crippen molar-refractivity contribution >= 4 is 17.7 Å². The third kappa shape index (κ3) is 5.99. The molecule has 1 aliphatic heterocycles. The van der Waals surface area contributed by atoms with Gasteiger partial charge in [-0.2, -0.15) is 0 Å². The topological polar surface area (TPSA) is 52.6 Å². The Morgan fingerprint density at radius 2 is 2.05 bits per heavy atom. The van der Waals surface area contributed by atoms with Gasteiger partial charge in [0.25, 0.3) is 0 Å². The molecule has 0 spiro atoms. The Labute approximate surface area is 137 Å². The van der Waals surface area contributed by atoms with Gasteiger partial charge in [0, 0.05) is 24.5 Å². The predicted molar refractivity (Wildman–Crippen MR) is 91.1 cm³/mol. The van der Waals surface area contributed by atoms with E-state index < -0.39 is 0 Å². The minimum Gasteiger partial charge on any atom is -0.393 e. The summed E-state index contributed by atoms with van der Waals surface area (Å²) >= 11 is 1.59. The van der Waals surface area contributed by atoms with Crippen LogP contribution in [0.25, 0.3) is 0 Å². The van der Waals surface area contributed by atoms with E-state index in [1.807, 2.05) is 37.3 Å². The molecular formula is C17H26N2O2S. The number of hydrogen-bond acceptors (Lipinski definition) is 4. The monoisotopic (exact) mass is 322 g/mol. The van der Waals surface area contributed by atoms with Crippen LogP contribution in [0.15, 0.2) is 35.2 Å². The summed E-state index contributed by atoms with van der Waals surface area (Å²) in [5.41, 5.74) is 0. The van der Waals surface area contributed by atoms with E-state index in [-0.39, 0.29) is 17.3 Å². The zero-order chi connectivity index (χ0) is 15.8. The van der Waals surface area contributed by atoms with E-state index in [1.54, 1.807) is 11.8 Å². The molecule has 2 rings (SSSR count). The van der Waals surface area contributed by atoms with Crippen LogP contribution in [0.4, 0.5) is 0 Å². The van der Waals surface area contributed by atoms with Crippen molar-refractivity contribution in [3.63, 3.8) is 0 Å². The summed E-state index contributed by atoms with van der Waals surface area (Å²) in [5.74, 6) is 0.0999. The molecule has 1 atom stereocenters. The normalized spacial score (nSPS) is 18.1. The van der Waals surface area contributed by atoms with E-state index in [9.17, 15) is 9.90 Å². The van der Waals surface area contributed by atoms with Crippen LogP contribution >= 0.6 is 11.8 Å². The quantitative estimate of drug-likeness (QED) is 0.596. The van der Waals surface area contributed by atoms with Crippen molar-refractivity contribution in [2.45, 2.75) is 42.4 Å². The molecule has 1 aromatic rings. The smallest absolute Gasteiger partial charge is 0.233 e. The first-order chi connectivity index (χ1) is 10.6. The molecule has 0 aliphatic carbocycles. The Bertz CT molecular complexity index is 447. The maximum absolute atomic E-state index is 12.1. The molecule has 0 aromatic heterocycles. The highest BCUT2D eigenvalue weighted by atomic mass is 32.2. The number of hydrogen-bond donors (Lipinski definition) is 2. The number of aliphatic hydroxyl groups is 1. The molecule has 4 nitrogen and oxygen atoms in total. The number of amides is 1. The van der Waals surface area contributed by atoms with Gasteiger partial charge in [0.1, 0.15) is 0 Å². The molecular weight excluding hydrogens is 296 g/mol. The molecule has 5 heteroatoms. The van der Waals surface area contributed by atoms with Gasteiger partial charge < -0.3 is 15.3 Å². The zero-order valence-corrected chi connectivity index (χ0v) is 14.0. The Kier molecular flexibility index (Phi) is 7.22. The molecule has 22 heavy (non-hydrogen) atoms. The number of rotatable bonds is 7. The predicted octanol–water partition coefficient (Wildman–Crippen LogP) is 2.13. The molecule has 1 fully saturated rings. The zero-order valence-electron chi connectivity index (χ0n) is 13.2. The van der Waals surface area contributed by atoms with Crippen molar-refractivity contribution in [2.24, 2.45) is 0 Å². The van der Waals surface area contributed by atoms with Gasteiger partial charge in [0.15, 0.2) is 0 Å². The summed E-state index contributed by atoms with van der Waals surface area (Å²) < 4.78 is 0. The second-order valence-electron chi connectivity index (χ2n) is 5.79. The van der Waals surface area contributed by atoms with E-state index in [0.717, 1.165) is 50.3 Å². The third-order valence-electron chi connectivity index (χ3n) is 3.93. The molecule has 0 saturated carbocycles. The average Bonchev–Trinajstić information content (AvgIpc) is 2.54. The lowest BCUT2D eigenvalue weighted by molar-refractivity contribution is -0.120. The van der Waals surface area contributed by atoms with Crippen molar-refractivity contribution < 1.29 is 9.90 Å². The van der Waals surface area contributed by atoms with E-state index in [1.165, 1.54) is 0 Å². The number of piperidine rings is 1. The number of nitrogens with zero attached hydrogens (tertiary/aromatic N) is 1. The standard InChI is InChI=1S/C17H26N2O2S/c1-14(22-16-6-3-2-4-7-16)17(21)18-10-5-11-19-12-8-15(20)9-13-19/h2-4,6-7,14-15,20H,5,8-13H2,1H3,(H,18,21). The van der Waals surface area contributed by atoms with Crippen LogP contribution in [-0.2, 0) is 4.79 Å². The van der Waals surface area contributed by atoms with Crippen LogP contribution in [0.2, 0.25) is 0 Å². The first-order valence-electron chi connectivity index (χ1n) is 8.05. The first-order valence-corrected chi connectivity index (χ1v) is 8.93. The SMILES string of the molecule is CC(Sc1ccccc1)C(=O)NCCCN1CCC(O)CC1. The highest BCUT2D eigenvalue weighted by Gasteiger charge is 2.17. The minimum absolute atomic E-state index is 0.0764. The van der Waals surface area contributed by atoms with Crippen molar-refractivity contribution in [1.29, 1.82) is 0 Å². The Balaban J connectivity index is 1.59. The number of carbonyl (C=O) groups excluding carboxylic acids is 1. The third-order valence-corrected chi connectivity index (χ3v) is 5.04. The molecule has 0 bridgehead atoms. The summed E-state index contributed by atoms with van der Waals surface area (Å²) in [5, 5.41) is 12.4. The molecule has 1 aliphatic rings. The fraction of sp³-hybridized carbons (Fsp3) is 0.588. The number of thioether (sulfide) groups is 1. The van der Waals surface area contributed by atoms with E-state index in [0.29, 0.717) is 0 Å². The van der Waals surface area contributed by atoms with Crippen molar-refractivity contribution in [2.75, 3.05) is 26.2 Å². The molecule has 1 saturated heterocycles. The van der Waals surface area contributed by atoms with Crippen LogP contribution in [0.3, 0.4) is 0 Å². The molecule has 122 valence electrons. The fourth-order valence-corrected chi connectivity index (χ4v) is 3.47. The second kappa shape index (κ2) is 9.18. The molecule has 1 amide bonds. The van der Waals surface area contributed by atoms with Gasteiger partial charge in [-0.15, -0.1) is 11.8 Å². The van der Waals surface area contributed by atoms with Crippen LogP contribution < -0.4 is 5.32 Å². The van der Waals surface area contributed by atoms with Gasteiger partial charge in [-0.1, -0.05) is 18.2 Å². The highest BCUT2D eigenvalue weighted by Crippen LogP contribution is 2.22. The Hall–Kier alpha value is -1.04. The molecule has 1 heterocycles. The van der Waals surface area contributed by atoms with Crippen LogP contribution in [0, 0.1) is 0 Å². The minimum atomic E-state index is -0.119. The Morgan fingerprint density at radius 3 is 2.73 bits per heavy atom. The largest absolute Gasteiger partial charge is 0.393 e. The fourth-order valence-electron chi connectivity index (χ4n) is 2.56. The number of aliphatic hydroxyl groups excluding tert-OH is 1. The van der Waals surface area contributed by atoms with Crippen molar-refractivity contribution in [3.8, 4) is 0 Å². The first kappa shape index (κ1) is 17.3. The van der Waals surface area contributed by atoms with Crippen molar-refractivity contribution in [3.05, 3.63) is 30.3 Å². The van der Waals surface area contributed by atoms with Gasteiger partial charge in [0.05, 0.1) is 11.4 Å². The summed E-state index contributed by atoms with van der Waals surface area (Å²) in [7, 11) is 0. The van der Waals surface area contributed by atoms with Gasteiger partial charge in [-0.25, -0.2) is 0 Å². The van der Waals surface area contributed by atoms with E-state index in [4.69, 9.17) is 0 Å². The number of carbonyl (C=O) groups is 1. The highest BCUT2D eigenvalue weighted by molar-refractivity contribution is 8.00. The van der Waals surface area contributed by atoms with Gasteiger partial charge >= 0.3 is 0 Å². The van der Waals surface area contributed by atoms with Gasteiger partial charge in [-0.3, -0.25) is 4.79 Å². The summed E-state index contributed by atoms with van der Waals surface area (Å²) in [4.78, 5) is 15.5. The van der Waals surface area contributed by atoms with Crippen molar-refractivity contribution in [1.82, 2.24) is 10.2 Å². The molecule has 2 N–H and O–H groups in total. The lowest BCUT2D eigenvalue weighted by atomic mass is 10.1. The lowest BCUT2D eigenvalue weighted by Crippen LogP contribution is -2.38.